The van der Waals surface area contributed by atoms with Crippen LogP contribution in [0.25, 0.3) is 6.08 Å². The van der Waals surface area contributed by atoms with Gasteiger partial charge in [0.25, 0.3) is 5.91 Å². The number of carbonyl (C=O) groups excluding carboxylic acids is 1. The van der Waals surface area contributed by atoms with Gasteiger partial charge in [0.2, 0.25) is 5.75 Å². The smallest absolute Gasteiger partial charge is 0.280 e. The van der Waals surface area contributed by atoms with Crippen LogP contribution in [0.15, 0.2) is 53.1 Å². The van der Waals surface area contributed by atoms with E-state index in [1.165, 1.54) is 19.2 Å². The standard InChI is InChI=1S/C22H24N2O4/c1-22(2,3)20-16(21(26)24(23-20)15-9-7-6-8-10-15)11-14-12-17(27-4)19(25)18(13-14)28-5/h6-13,25H,1-5H3. The van der Waals surface area contributed by atoms with E-state index < -0.39 is 0 Å². The molecule has 0 bridgehead atoms. The van der Waals surface area contributed by atoms with Gasteiger partial charge in [-0.05, 0) is 35.9 Å². The maximum Gasteiger partial charge on any atom is 0.280 e. The second kappa shape index (κ2) is 7.38. The Balaban J connectivity index is 2.12. The number of aromatic hydroxyl groups is 1. The summed E-state index contributed by atoms with van der Waals surface area (Å²) in [5.41, 5.74) is 2.22. The van der Waals surface area contributed by atoms with Crippen LogP contribution in [0.1, 0.15) is 26.3 Å². The Morgan fingerprint density at radius 3 is 2.11 bits per heavy atom. The quantitative estimate of drug-likeness (QED) is 0.806. The summed E-state index contributed by atoms with van der Waals surface area (Å²) in [6.07, 6.45) is 1.75. The molecule has 0 fully saturated rings. The van der Waals surface area contributed by atoms with E-state index in [9.17, 15) is 9.90 Å². The van der Waals surface area contributed by atoms with Crippen molar-refractivity contribution >= 4 is 23.4 Å². The lowest BCUT2D eigenvalue weighted by Crippen LogP contribution is -2.24. The summed E-state index contributed by atoms with van der Waals surface area (Å²) in [6, 6.07) is 12.6. The van der Waals surface area contributed by atoms with E-state index in [0.717, 1.165) is 0 Å². The number of ether oxygens (including phenoxy) is 2. The monoisotopic (exact) mass is 380 g/mol. The van der Waals surface area contributed by atoms with Crippen molar-refractivity contribution in [1.82, 2.24) is 0 Å². The summed E-state index contributed by atoms with van der Waals surface area (Å²) in [4.78, 5) is 13.2. The van der Waals surface area contributed by atoms with Crippen LogP contribution >= 0.6 is 0 Å². The van der Waals surface area contributed by atoms with Gasteiger partial charge in [-0.2, -0.15) is 10.1 Å². The largest absolute Gasteiger partial charge is 0.502 e. The van der Waals surface area contributed by atoms with Crippen LogP contribution in [0, 0.1) is 5.41 Å². The molecular weight excluding hydrogens is 356 g/mol. The van der Waals surface area contributed by atoms with E-state index in [4.69, 9.17) is 9.47 Å². The molecule has 0 atom stereocenters. The molecule has 0 aromatic heterocycles. The molecule has 1 heterocycles. The third-order valence-electron chi connectivity index (χ3n) is 4.40. The Hall–Kier alpha value is -3.28. The van der Waals surface area contributed by atoms with Gasteiger partial charge < -0.3 is 14.6 Å². The zero-order chi connectivity index (χ0) is 20.5. The number of anilines is 1. The molecule has 1 N–H and O–H groups in total. The molecule has 0 radical (unpaired) electrons. The molecule has 1 aliphatic heterocycles. The molecule has 1 aliphatic rings. The third-order valence-corrected chi connectivity index (χ3v) is 4.40. The number of hydrogen-bond acceptors (Lipinski definition) is 5. The maximum absolute atomic E-state index is 13.2. The van der Waals surface area contributed by atoms with E-state index in [1.807, 2.05) is 51.1 Å². The molecule has 6 heteroatoms. The fraction of sp³-hybridized carbons (Fsp3) is 0.273. The van der Waals surface area contributed by atoms with Crippen molar-refractivity contribution in [3.05, 3.63) is 53.6 Å². The molecule has 28 heavy (non-hydrogen) atoms. The van der Waals surface area contributed by atoms with Crippen molar-refractivity contribution in [1.29, 1.82) is 0 Å². The summed E-state index contributed by atoms with van der Waals surface area (Å²) in [5.74, 6) is 0.249. The minimum atomic E-state index is -0.337. The molecule has 0 spiro atoms. The number of methoxy groups -OCH3 is 2. The Kier molecular flexibility index (Phi) is 5.14. The first-order valence-corrected chi connectivity index (χ1v) is 8.92. The molecule has 3 rings (SSSR count). The van der Waals surface area contributed by atoms with E-state index in [2.05, 4.69) is 5.10 Å². The maximum atomic E-state index is 13.2. The van der Waals surface area contributed by atoms with Crippen molar-refractivity contribution in [3.63, 3.8) is 0 Å². The lowest BCUT2D eigenvalue weighted by atomic mass is 9.85. The minimum Gasteiger partial charge on any atom is -0.502 e. The third kappa shape index (κ3) is 3.58. The number of benzene rings is 2. The number of nitrogens with zero attached hydrogens (tertiary/aromatic N) is 2. The molecule has 2 aromatic carbocycles. The average molecular weight is 380 g/mol. The first-order chi connectivity index (χ1) is 13.3. The van der Waals surface area contributed by atoms with Crippen molar-refractivity contribution < 1.29 is 19.4 Å². The summed E-state index contributed by atoms with van der Waals surface area (Å²) < 4.78 is 10.4. The predicted molar refractivity (Wildman–Crippen MR) is 110 cm³/mol. The second-order valence-electron chi connectivity index (χ2n) is 7.48. The highest BCUT2D eigenvalue weighted by Crippen LogP contribution is 2.39. The molecule has 146 valence electrons. The Bertz CT molecular complexity index is 931. The molecule has 0 aliphatic carbocycles. The SMILES string of the molecule is COc1cc(C=C2C(=O)N(c3ccccc3)N=C2C(C)(C)C)cc(OC)c1O. The second-order valence-corrected chi connectivity index (χ2v) is 7.48. The molecule has 6 nitrogen and oxygen atoms in total. The van der Waals surface area contributed by atoms with Gasteiger partial charge in [-0.25, -0.2) is 0 Å². The zero-order valence-electron chi connectivity index (χ0n) is 16.7. The van der Waals surface area contributed by atoms with Crippen molar-refractivity contribution in [2.24, 2.45) is 10.5 Å². The molecular formula is C22H24N2O4. The Morgan fingerprint density at radius 2 is 1.61 bits per heavy atom. The summed E-state index contributed by atoms with van der Waals surface area (Å²) >= 11 is 0. The van der Waals surface area contributed by atoms with Crippen molar-refractivity contribution in [3.8, 4) is 17.2 Å². The van der Waals surface area contributed by atoms with Gasteiger partial charge in [0.05, 0.1) is 31.2 Å². The Morgan fingerprint density at radius 1 is 1.04 bits per heavy atom. The average Bonchev–Trinajstić information content (AvgIpc) is 3.00. The van der Waals surface area contributed by atoms with Gasteiger partial charge >= 0.3 is 0 Å². The number of phenols is 1. The van der Waals surface area contributed by atoms with Gasteiger partial charge in [-0.15, -0.1) is 0 Å². The van der Waals surface area contributed by atoms with Crippen LogP contribution in [0.2, 0.25) is 0 Å². The van der Waals surface area contributed by atoms with Crippen LogP contribution in [0.5, 0.6) is 17.2 Å². The molecule has 0 saturated carbocycles. The lowest BCUT2D eigenvalue weighted by molar-refractivity contribution is -0.114. The molecule has 0 unspecified atom stereocenters. The van der Waals surface area contributed by atoms with Gasteiger partial charge in [-0.3, -0.25) is 4.79 Å². The van der Waals surface area contributed by atoms with Gasteiger partial charge in [0.15, 0.2) is 11.5 Å². The molecule has 1 amide bonds. The van der Waals surface area contributed by atoms with Gasteiger partial charge in [0.1, 0.15) is 0 Å². The fourth-order valence-corrected chi connectivity index (χ4v) is 3.01. The van der Waals surface area contributed by atoms with Crippen LogP contribution in [-0.4, -0.2) is 30.9 Å². The normalized spacial score (nSPS) is 15.8. The minimum absolute atomic E-state index is 0.0828. The lowest BCUT2D eigenvalue weighted by Gasteiger charge is -2.18. The van der Waals surface area contributed by atoms with Crippen molar-refractivity contribution in [2.75, 3.05) is 19.2 Å². The van der Waals surface area contributed by atoms with E-state index in [1.54, 1.807) is 18.2 Å². The van der Waals surface area contributed by atoms with Gasteiger partial charge in [-0.1, -0.05) is 39.0 Å². The molecule has 0 saturated heterocycles. The zero-order valence-corrected chi connectivity index (χ0v) is 16.7. The number of rotatable bonds is 4. The van der Waals surface area contributed by atoms with E-state index >= 15 is 0 Å². The highest BCUT2D eigenvalue weighted by molar-refractivity contribution is 6.34. The highest BCUT2D eigenvalue weighted by atomic mass is 16.5. The summed E-state index contributed by atoms with van der Waals surface area (Å²) in [5, 5.41) is 16.2. The number of amides is 1. The number of hydrazone groups is 1. The van der Waals surface area contributed by atoms with Gasteiger partial charge in [0, 0.05) is 5.41 Å². The Labute approximate surface area is 164 Å². The summed E-state index contributed by atoms with van der Waals surface area (Å²) in [7, 11) is 2.93. The number of para-hydroxylation sites is 1. The number of carbonyl (C=O) groups is 1. The van der Waals surface area contributed by atoms with E-state index in [0.29, 0.717) is 22.5 Å². The summed E-state index contributed by atoms with van der Waals surface area (Å²) in [6.45, 7) is 6.04. The predicted octanol–water partition coefficient (Wildman–Crippen LogP) is 4.24. The van der Waals surface area contributed by atoms with Crippen LogP contribution in [-0.2, 0) is 4.79 Å². The first-order valence-electron chi connectivity index (χ1n) is 8.92. The molecule has 2 aromatic rings. The van der Waals surface area contributed by atoms with Crippen LogP contribution in [0.3, 0.4) is 0 Å². The fourth-order valence-electron chi connectivity index (χ4n) is 3.01. The number of phenolic OH excluding ortho intramolecular Hbond substituents is 1. The topological polar surface area (TPSA) is 71.4 Å². The first kappa shape index (κ1) is 19.5. The van der Waals surface area contributed by atoms with Crippen LogP contribution < -0.4 is 14.5 Å². The highest BCUT2D eigenvalue weighted by Gasteiger charge is 2.37. The number of hydrogen-bond donors (Lipinski definition) is 1. The van der Waals surface area contributed by atoms with E-state index in [-0.39, 0.29) is 28.6 Å². The van der Waals surface area contributed by atoms with Crippen molar-refractivity contribution in [2.45, 2.75) is 20.8 Å². The van der Waals surface area contributed by atoms with Crippen LogP contribution in [0.4, 0.5) is 5.69 Å².